The molecule has 9 nitrogen and oxygen atoms in total. The first-order chi connectivity index (χ1) is 20.5. The van der Waals surface area contributed by atoms with Gasteiger partial charge in [0.05, 0.1) is 24.8 Å². The summed E-state index contributed by atoms with van der Waals surface area (Å²) in [5.41, 5.74) is 1.52. The van der Waals surface area contributed by atoms with E-state index in [1.807, 2.05) is 13.8 Å². The van der Waals surface area contributed by atoms with Gasteiger partial charge in [-0.1, -0.05) is 60.8 Å². The van der Waals surface area contributed by atoms with Crippen molar-refractivity contribution < 1.29 is 27.5 Å². The van der Waals surface area contributed by atoms with E-state index in [1.54, 1.807) is 49.4 Å². The zero-order valence-electron chi connectivity index (χ0n) is 24.9. The van der Waals surface area contributed by atoms with Gasteiger partial charge in [-0.2, -0.15) is 0 Å². The highest BCUT2D eigenvalue weighted by molar-refractivity contribution is 7.92. The van der Waals surface area contributed by atoms with E-state index in [-0.39, 0.29) is 35.2 Å². The second kappa shape index (κ2) is 15.3. The van der Waals surface area contributed by atoms with Crippen LogP contribution in [0.15, 0.2) is 65.6 Å². The summed E-state index contributed by atoms with van der Waals surface area (Å²) in [7, 11) is -1.45. The molecule has 3 rings (SSSR count). The molecule has 0 aromatic heterocycles. The molecule has 0 bridgehead atoms. The maximum Gasteiger partial charge on any atom is 0.264 e. The number of ether oxygens (including phenoxy) is 2. The number of sulfonamides is 1. The maximum absolute atomic E-state index is 14.3. The number of benzene rings is 3. The molecule has 0 aliphatic heterocycles. The number of anilines is 1. The van der Waals surface area contributed by atoms with Crippen molar-refractivity contribution >= 4 is 50.7 Å². The lowest BCUT2D eigenvalue weighted by molar-refractivity contribution is -0.140. The predicted molar refractivity (Wildman–Crippen MR) is 170 cm³/mol. The van der Waals surface area contributed by atoms with Crippen LogP contribution in [0.25, 0.3) is 0 Å². The Morgan fingerprint density at radius 3 is 2.23 bits per heavy atom. The Morgan fingerprint density at radius 1 is 0.953 bits per heavy atom. The quantitative estimate of drug-likeness (QED) is 0.235. The smallest absolute Gasteiger partial charge is 0.264 e. The van der Waals surface area contributed by atoms with Crippen molar-refractivity contribution in [1.82, 2.24) is 10.2 Å². The van der Waals surface area contributed by atoms with Gasteiger partial charge in [-0.15, -0.1) is 0 Å². The maximum atomic E-state index is 14.3. The monoisotopic (exact) mass is 649 g/mol. The highest BCUT2D eigenvalue weighted by atomic mass is 35.5. The average Bonchev–Trinajstić information content (AvgIpc) is 2.99. The topological polar surface area (TPSA) is 105 Å². The molecule has 0 radical (unpaired) electrons. The fourth-order valence-electron chi connectivity index (χ4n) is 4.46. The molecule has 0 unspecified atom stereocenters. The van der Waals surface area contributed by atoms with E-state index in [9.17, 15) is 18.0 Å². The summed E-state index contributed by atoms with van der Waals surface area (Å²) < 4.78 is 40.2. The van der Waals surface area contributed by atoms with Crippen LogP contribution >= 0.6 is 23.2 Å². The number of nitrogens with zero attached hydrogens (tertiary/aromatic N) is 2. The number of carbonyl (C=O) groups excluding carboxylic acids is 2. The molecule has 0 aliphatic carbocycles. The van der Waals surface area contributed by atoms with Gasteiger partial charge in [0, 0.05) is 29.2 Å². The minimum Gasteiger partial charge on any atom is -0.497 e. The standard InChI is InChI=1S/C31H37Cl2N3O6S/c1-6-16-34-31(38)27(7-2)35(19-22-10-11-23(32)17-26(22)33)30(37)20-36(28-18-24(41-4)12-15-29(28)42-5)43(39,40)25-13-8-21(3)9-14-25/h8-15,17-18,27H,6-7,16,19-20H2,1-5H3,(H,34,38)/t27-/m0/s1. The van der Waals surface area contributed by atoms with E-state index in [0.717, 1.165) is 9.87 Å². The minimum absolute atomic E-state index is 0.0178. The fraction of sp³-hybridized carbons (Fsp3) is 0.355. The van der Waals surface area contributed by atoms with E-state index < -0.39 is 28.5 Å². The van der Waals surface area contributed by atoms with Crippen molar-refractivity contribution in [2.45, 2.75) is 51.1 Å². The molecule has 12 heteroatoms. The Morgan fingerprint density at radius 2 is 1.65 bits per heavy atom. The summed E-state index contributed by atoms with van der Waals surface area (Å²) in [6.45, 7) is 5.28. The van der Waals surface area contributed by atoms with Crippen molar-refractivity contribution in [3.05, 3.63) is 81.8 Å². The summed E-state index contributed by atoms with van der Waals surface area (Å²) in [5.74, 6) is -0.397. The molecular formula is C31H37Cl2N3O6S. The molecule has 0 fully saturated rings. The van der Waals surface area contributed by atoms with Crippen LogP contribution in [-0.4, -0.2) is 58.5 Å². The number of halogens is 2. The Labute approximate surface area is 263 Å². The van der Waals surface area contributed by atoms with E-state index >= 15 is 0 Å². The van der Waals surface area contributed by atoms with E-state index in [4.69, 9.17) is 32.7 Å². The summed E-state index contributed by atoms with van der Waals surface area (Å²) in [6, 6.07) is 15.0. The number of hydrogen-bond acceptors (Lipinski definition) is 6. The highest BCUT2D eigenvalue weighted by Crippen LogP contribution is 2.36. The number of amides is 2. The van der Waals surface area contributed by atoms with Crippen LogP contribution in [0, 0.1) is 6.92 Å². The molecule has 2 amide bonds. The van der Waals surface area contributed by atoms with Gasteiger partial charge in [0.1, 0.15) is 24.1 Å². The van der Waals surface area contributed by atoms with Crippen molar-refractivity contribution in [3.63, 3.8) is 0 Å². The third-order valence-electron chi connectivity index (χ3n) is 6.83. The molecule has 232 valence electrons. The van der Waals surface area contributed by atoms with Crippen LogP contribution in [-0.2, 0) is 26.2 Å². The first kappa shape index (κ1) is 34.0. The van der Waals surface area contributed by atoms with Gasteiger partial charge < -0.3 is 19.7 Å². The predicted octanol–water partition coefficient (Wildman–Crippen LogP) is 5.85. The number of carbonyl (C=O) groups is 2. The first-order valence-corrected chi connectivity index (χ1v) is 16.0. The zero-order chi connectivity index (χ0) is 31.7. The number of hydrogen-bond donors (Lipinski definition) is 1. The average molecular weight is 651 g/mol. The molecule has 0 heterocycles. The van der Waals surface area contributed by atoms with Gasteiger partial charge in [-0.3, -0.25) is 13.9 Å². The van der Waals surface area contributed by atoms with E-state index in [0.29, 0.717) is 34.3 Å². The fourth-order valence-corrected chi connectivity index (χ4v) is 6.35. The second-order valence-electron chi connectivity index (χ2n) is 9.83. The van der Waals surface area contributed by atoms with Crippen LogP contribution in [0.1, 0.15) is 37.8 Å². The third-order valence-corrected chi connectivity index (χ3v) is 9.19. The lowest BCUT2D eigenvalue weighted by Crippen LogP contribution is -2.52. The minimum atomic E-state index is -4.30. The van der Waals surface area contributed by atoms with Gasteiger partial charge >= 0.3 is 0 Å². The molecule has 1 atom stereocenters. The lowest BCUT2D eigenvalue weighted by atomic mass is 10.1. The largest absolute Gasteiger partial charge is 0.497 e. The molecule has 0 saturated carbocycles. The van der Waals surface area contributed by atoms with Gasteiger partial charge in [0.15, 0.2) is 0 Å². The van der Waals surface area contributed by atoms with Gasteiger partial charge in [-0.25, -0.2) is 8.42 Å². The molecule has 3 aromatic carbocycles. The highest BCUT2D eigenvalue weighted by Gasteiger charge is 2.35. The van der Waals surface area contributed by atoms with Gasteiger partial charge in [-0.05, 0) is 61.7 Å². The molecule has 0 aliphatic rings. The Kier molecular flexibility index (Phi) is 12.1. The van der Waals surface area contributed by atoms with Crippen LogP contribution in [0.5, 0.6) is 11.5 Å². The molecular weight excluding hydrogens is 613 g/mol. The summed E-state index contributed by atoms with van der Waals surface area (Å²) >= 11 is 12.6. The zero-order valence-corrected chi connectivity index (χ0v) is 27.2. The van der Waals surface area contributed by atoms with Crippen LogP contribution in [0.2, 0.25) is 10.0 Å². The van der Waals surface area contributed by atoms with E-state index in [2.05, 4.69) is 5.32 Å². The van der Waals surface area contributed by atoms with Crippen molar-refractivity contribution in [1.29, 1.82) is 0 Å². The Hall–Kier alpha value is -3.47. The number of rotatable bonds is 14. The summed E-state index contributed by atoms with van der Waals surface area (Å²) in [6.07, 6.45) is 0.983. The normalized spacial score (nSPS) is 11.9. The molecule has 43 heavy (non-hydrogen) atoms. The number of nitrogens with one attached hydrogen (secondary N) is 1. The Bertz CT molecular complexity index is 1530. The van der Waals surface area contributed by atoms with Crippen molar-refractivity contribution in [3.8, 4) is 11.5 Å². The SMILES string of the molecule is CCCNC(=O)[C@H](CC)N(Cc1ccc(Cl)cc1Cl)C(=O)CN(c1cc(OC)ccc1OC)S(=O)(=O)c1ccc(C)cc1. The third kappa shape index (κ3) is 8.34. The van der Waals surface area contributed by atoms with Gasteiger partial charge in [0.25, 0.3) is 10.0 Å². The summed E-state index contributed by atoms with van der Waals surface area (Å²) in [4.78, 5) is 28.9. The van der Waals surface area contributed by atoms with Crippen LogP contribution in [0.3, 0.4) is 0 Å². The Balaban J connectivity index is 2.16. The van der Waals surface area contributed by atoms with Crippen molar-refractivity contribution in [2.75, 3.05) is 31.6 Å². The molecule has 0 spiro atoms. The lowest BCUT2D eigenvalue weighted by Gasteiger charge is -2.33. The van der Waals surface area contributed by atoms with Crippen molar-refractivity contribution in [2.24, 2.45) is 0 Å². The number of aryl methyl sites for hydroxylation is 1. The molecule has 1 N–H and O–H groups in total. The van der Waals surface area contributed by atoms with Crippen LogP contribution in [0.4, 0.5) is 5.69 Å². The number of methoxy groups -OCH3 is 2. The summed E-state index contributed by atoms with van der Waals surface area (Å²) in [5, 5.41) is 3.58. The van der Waals surface area contributed by atoms with Crippen LogP contribution < -0.4 is 19.1 Å². The molecule has 3 aromatic rings. The molecule has 0 saturated heterocycles. The second-order valence-corrected chi connectivity index (χ2v) is 12.5. The van der Waals surface area contributed by atoms with Gasteiger partial charge in [0.2, 0.25) is 11.8 Å². The van der Waals surface area contributed by atoms with E-state index in [1.165, 1.54) is 37.3 Å². The first-order valence-electron chi connectivity index (χ1n) is 13.8.